The monoisotopic (exact) mass is 516 g/mol. The molecule has 1 atom stereocenters. The van der Waals surface area contributed by atoms with Gasteiger partial charge in [-0.05, 0) is 36.8 Å². The third kappa shape index (κ3) is 4.90. The third-order valence-electron chi connectivity index (χ3n) is 5.74. The van der Waals surface area contributed by atoms with Crippen molar-refractivity contribution in [2.75, 3.05) is 0 Å². The number of aryl methyl sites for hydroxylation is 2. The van der Waals surface area contributed by atoms with E-state index in [0.29, 0.717) is 22.7 Å². The highest BCUT2D eigenvalue weighted by Gasteiger charge is 2.20. The van der Waals surface area contributed by atoms with Gasteiger partial charge in [-0.25, -0.2) is 24.0 Å². The maximum absolute atomic E-state index is 14.3. The van der Waals surface area contributed by atoms with Crippen LogP contribution in [0.25, 0.3) is 22.3 Å². The van der Waals surface area contributed by atoms with Gasteiger partial charge in [-0.3, -0.25) is 4.79 Å². The zero-order valence-electron chi connectivity index (χ0n) is 19.8. The van der Waals surface area contributed by atoms with Crippen molar-refractivity contribution in [3.8, 4) is 17.1 Å². The number of nitrogens with one attached hydrogen (secondary N) is 1. The van der Waals surface area contributed by atoms with E-state index in [1.807, 2.05) is 32.2 Å². The normalized spacial score (nSPS) is 12.0. The first-order valence-electron chi connectivity index (χ1n) is 11.1. The van der Waals surface area contributed by atoms with Gasteiger partial charge < -0.3 is 14.5 Å². The predicted octanol–water partition coefficient (Wildman–Crippen LogP) is 4.30. The summed E-state index contributed by atoms with van der Waals surface area (Å²) in [5, 5.41) is 7.65. The van der Waals surface area contributed by atoms with Crippen molar-refractivity contribution in [3.63, 3.8) is 0 Å². The fourth-order valence-electron chi connectivity index (χ4n) is 4.01. The van der Waals surface area contributed by atoms with Gasteiger partial charge in [-0.15, -0.1) is 0 Å². The molecule has 0 aliphatic heterocycles. The number of hydrogen-bond acceptors (Lipinski definition) is 7. The Morgan fingerprint density at radius 2 is 2.14 bits per heavy atom. The third-order valence-corrected chi connectivity index (χ3v) is 6.07. The smallest absolute Gasteiger partial charge is 0.273 e. The molecule has 184 valence electrons. The number of para-hydroxylation sites is 1. The fraction of sp³-hybridized carbons (Fsp3) is 0.160. The molecule has 0 bridgehead atoms. The second-order valence-electron chi connectivity index (χ2n) is 8.24. The van der Waals surface area contributed by atoms with Gasteiger partial charge in [-0.1, -0.05) is 23.7 Å². The van der Waals surface area contributed by atoms with Crippen LogP contribution in [0.1, 0.15) is 33.3 Å². The highest BCUT2D eigenvalue weighted by molar-refractivity contribution is 6.31. The van der Waals surface area contributed by atoms with Crippen LogP contribution >= 0.6 is 11.6 Å². The Hall–Kier alpha value is -4.25. The predicted molar refractivity (Wildman–Crippen MR) is 135 cm³/mol. The molecule has 5 aromatic rings. The second-order valence-corrected chi connectivity index (χ2v) is 8.65. The summed E-state index contributed by atoms with van der Waals surface area (Å²) >= 11 is 6.39. The molecule has 0 fully saturated rings. The summed E-state index contributed by atoms with van der Waals surface area (Å²) in [6, 6.07) is 9.83. The van der Waals surface area contributed by atoms with Crippen molar-refractivity contribution in [1.82, 2.24) is 30.0 Å². The Morgan fingerprint density at radius 1 is 1.30 bits per heavy atom. The van der Waals surface area contributed by atoms with E-state index in [2.05, 4.69) is 25.4 Å². The number of fused-ring (bicyclic) bond motifs is 1. The topological polar surface area (TPSA) is 108 Å². The van der Waals surface area contributed by atoms with Gasteiger partial charge in [0.2, 0.25) is 0 Å². The molecule has 37 heavy (non-hydrogen) atoms. The molecular weight excluding hydrogens is 498 g/mol. The van der Waals surface area contributed by atoms with E-state index >= 15 is 0 Å². The van der Waals surface area contributed by atoms with Crippen LogP contribution in [-0.2, 0) is 13.7 Å². The maximum Gasteiger partial charge on any atom is 0.273 e. The number of hydrogen-bond donors (Lipinski definition) is 1. The molecule has 0 aliphatic carbocycles. The molecule has 0 saturated carbocycles. The Labute approximate surface area is 217 Å². The zero-order valence-corrected chi connectivity index (χ0v) is 20.5. The first-order valence-corrected chi connectivity index (χ1v) is 11.5. The summed E-state index contributed by atoms with van der Waals surface area (Å²) in [6.45, 7) is 1.82. The summed E-state index contributed by atoms with van der Waals surface area (Å²) in [4.78, 5) is 25.2. The van der Waals surface area contributed by atoms with Crippen LogP contribution in [0.5, 0.6) is 5.75 Å². The minimum absolute atomic E-state index is 0.0339. The van der Waals surface area contributed by atoms with Gasteiger partial charge in [0.05, 0.1) is 5.02 Å². The molecule has 3 heterocycles. The minimum atomic E-state index is -1.09. The quantitative estimate of drug-likeness (QED) is 0.321. The van der Waals surface area contributed by atoms with Crippen LogP contribution in [0.4, 0.5) is 4.39 Å². The minimum Gasteiger partial charge on any atom is -0.487 e. The van der Waals surface area contributed by atoms with Crippen LogP contribution in [0, 0.1) is 12.7 Å². The molecule has 0 spiro atoms. The van der Waals surface area contributed by atoms with Gasteiger partial charge in [0.15, 0.2) is 17.9 Å². The van der Waals surface area contributed by atoms with Crippen LogP contribution < -0.4 is 10.1 Å². The highest BCUT2D eigenvalue weighted by Crippen LogP contribution is 2.34. The van der Waals surface area contributed by atoms with Crippen molar-refractivity contribution in [2.45, 2.75) is 19.5 Å². The second kappa shape index (κ2) is 10.0. The molecule has 2 aromatic carbocycles. The number of nitrogens with zero attached hydrogens (tertiary/aromatic N) is 5. The van der Waals surface area contributed by atoms with E-state index in [1.165, 1.54) is 18.7 Å². The first-order chi connectivity index (χ1) is 17.8. The Bertz CT molecular complexity index is 1610. The summed E-state index contributed by atoms with van der Waals surface area (Å²) in [5.74, 6) is -1.11. The van der Waals surface area contributed by atoms with Crippen LogP contribution in [0.2, 0.25) is 5.02 Å². The van der Waals surface area contributed by atoms with Crippen molar-refractivity contribution in [2.24, 2.45) is 7.05 Å². The molecule has 0 saturated heterocycles. The number of oxazole rings is 1. The number of aromatic nitrogens is 5. The average molecular weight is 517 g/mol. The van der Waals surface area contributed by atoms with Crippen LogP contribution in [0.3, 0.4) is 0 Å². The average Bonchev–Trinajstić information content (AvgIpc) is 3.55. The largest absolute Gasteiger partial charge is 0.487 e. The number of rotatable bonds is 7. The number of benzene rings is 2. The Balaban J connectivity index is 1.48. The lowest BCUT2D eigenvalue weighted by atomic mass is 9.85. The van der Waals surface area contributed by atoms with Crippen LogP contribution in [0.15, 0.2) is 59.8 Å². The lowest BCUT2D eigenvalue weighted by Gasteiger charge is -2.20. The van der Waals surface area contributed by atoms with Crippen molar-refractivity contribution < 1.29 is 18.3 Å². The van der Waals surface area contributed by atoms with E-state index in [0.717, 1.165) is 29.1 Å². The molecule has 3 aromatic heterocycles. The summed E-state index contributed by atoms with van der Waals surface area (Å²) in [7, 11) is 8.02. The van der Waals surface area contributed by atoms with E-state index in [1.54, 1.807) is 10.7 Å². The van der Waals surface area contributed by atoms with Gasteiger partial charge >= 0.3 is 0 Å². The molecule has 9 nitrogen and oxygen atoms in total. The molecule has 1 N–H and O–H groups in total. The summed E-state index contributed by atoms with van der Waals surface area (Å²) < 4.78 is 26.9. The zero-order chi connectivity index (χ0) is 26.1. The van der Waals surface area contributed by atoms with E-state index < -0.39 is 17.7 Å². The van der Waals surface area contributed by atoms with Crippen molar-refractivity contribution in [1.29, 1.82) is 0 Å². The van der Waals surface area contributed by atoms with E-state index in [-0.39, 0.29) is 22.9 Å². The van der Waals surface area contributed by atoms with Crippen molar-refractivity contribution >= 4 is 36.3 Å². The molecule has 0 unspecified atom stereocenters. The Kier molecular flexibility index (Phi) is 6.62. The number of amides is 1. The highest BCUT2D eigenvalue weighted by atomic mass is 35.5. The molecule has 5 rings (SSSR count). The van der Waals surface area contributed by atoms with Crippen molar-refractivity contribution in [3.05, 3.63) is 88.7 Å². The molecule has 2 radical (unpaired) electrons. The number of carbonyl (C=O) groups is 1. The van der Waals surface area contributed by atoms with Crippen LogP contribution in [-0.4, -0.2) is 38.5 Å². The van der Waals surface area contributed by atoms with E-state index in [4.69, 9.17) is 28.6 Å². The summed E-state index contributed by atoms with van der Waals surface area (Å²) in [6.07, 6.45) is 3.78. The molecule has 1 amide bonds. The maximum atomic E-state index is 14.3. The summed E-state index contributed by atoms with van der Waals surface area (Å²) in [5.41, 5.74) is 2.93. The lowest BCUT2D eigenvalue weighted by molar-refractivity contribution is 0.0943. The van der Waals surface area contributed by atoms with Gasteiger partial charge in [0, 0.05) is 35.2 Å². The lowest BCUT2D eigenvalue weighted by Crippen LogP contribution is -2.30. The molecular formula is C25H19BClFN6O3. The number of ether oxygens (including phenoxy) is 1. The molecule has 12 heteroatoms. The molecule has 0 aliphatic rings. The Morgan fingerprint density at radius 3 is 2.86 bits per heavy atom. The fourth-order valence-corrected chi connectivity index (χ4v) is 4.28. The van der Waals surface area contributed by atoms with Gasteiger partial charge in [0.25, 0.3) is 5.91 Å². The number of carbonyl (C=O) groups excluding carboxylic acids is 1. The van der Waals surface area contributed by atoms with E-state index in [9.17, 15) is 9.18 Å². The number of pyridine rings is 1. The standard InChI is InChI=1S/C25H19BClFN6O3/c1-13-6-17(24-29-11-31-34(24)2)15-4-3-5-21(22(15)32-13)37-9-18-16(7-14(28)8-19(18)27)23(26)33-25(35)20-10-36-12-30-20/h3-8,10-12,23H,9H2,1-2H3,(H,33,35)/t23-/m0/s1. The van der Waals surface area contributed by atoms with Gasteiger partial charge in [-0.2, -0.15) is 5.10 Å². The first kappa shape index (κ1) is 24.4. The van der Waals surface area contributed by atoms with Gasteiger partial charge in [0.1, 0.15) is 44.1 Å². The SMILES string of the molecule is [B][C@@H](NC(=O)c1cocn1)c1cc(F)cc(Cl)c1COc1cccc2c(-c3ncnn3C)cc(C)nc12. The number of halogens is 2.